The van der Waals surface area contributed by atoms with E-state index in [1.54, 1.807) is 30.4 Å². The summed E-state index contributed by atoms with van der Waals surface area (Å²) in [5, 5.41) is 1.80. The first-order valence-electron chi connectivity index (χ1n) is 8.26. The molecule has 26 heavy (non-hydrogen) atoms. The maximum Gasteiger partial charge on any atom is 0.290 e. The van der Waals surface area contributed by atoms with Crippen molar-refractivity contribution in [3.8, 4) is 0 Å². The summed E-state index contributed by atoms with van der Waals surface area (Å²) in [5.41, 5.74) is 2.43. The molecule has 0 saturated heterocycles. The second-order valence-electron chi connectivity index (χ2n) is 6.08. The van der Waals surface area contributed by atoms with E-state index in [-0.39, 0.29) is 5.91 Å². The minimum Gasteiger partial charge on any atom is -0.451 e. The van der Waals surface area contributed by atoms with Crippen molar-refractivity contribution in [2.24, 2.45) is 0 Å². The van der Waals surface area contributed by atoms with Crippen molar-refractivity contribution in [1.29, 1.82) is 0 Å². The molecule has 5 nitrogen and oxygen atoms in total. The van der Waals surface area contributed by atoms with Gasteiger partial charge in [-0.3, -0.25) is 4.79 Å². The number of methoxy groups -OCH3 is 1. The van der Waals surface area contributed by atoms with Gasteiger partial charge in [0, 0.05) is 25.1 Å². The molecular weight excluding hydrogens is 348 g/mol. The molecule has 4 rings (SSSR count). The predicted molar refractivity (Wildman–Crippen MR) is 102 cm³/mol. The van der Waals surface area contributed by atoms with E-state index < -0.39 is 0 Å². The molecule has 1 amide bonds. The lowest BCUT2D eigenvalue weighted by atomic mass is 10.1. The number of hydrogen-bond donors (Lipinski definition) is 0. The van der Waals surface area contributed by atoms with Crippen molar-refractivity contribution in [2.45, 2.75) is 13.2 Å². The molecule has 0 aliphatic rings. The number of furan rings is 1. The van der Waals surface area contributed by atoms with E-state index in [0.29, 0.717) is 24.5 Å². The van der Waals surface area contributed by atoms with Gasteiger partial charge in [-0.1, -0.05) is 30.3 Å². The minimum absolute atomic E-state index is 0.174. The number of carbonyl (C=O) groups is 1. The Morgan fingerprint density at radius 1 is 1.19 bits per heavy atom. The van der Waals surface area contributed by atoms with Gasteiger partial charge in [0.1, 0.15) is 10.6 Å². The highest BCUT2D eigenvalue weighted by atomic mass is 32.1. The average Bonchev–Trinajstić information content (AvgIpc) is 3.22. The monoisotopic (exact) mass is 366 g/mol. The third-order valence-corrected chi connectivity index (χ3v) is 5.26. The zero-order chi connectivity index (χ0) is 18.1. The van der Waals surface area contributed by atoms with E-state index in [9.17, 15) is 4.79 Å². The lowest BCUT2D eigenvalue weighted by Gasteiger charge is -2.14. The number of carbonyl (C=O) groups excluding carboxylic acids is 1. The van der Waals surface area contributed by atoms with E-state index in [2.05, 4.69) is 4.98 Å². The molecule has 6 heteroatoms. The third-order valence-electron chi connectivity index (χ3n) is 4.24. The maximum atomic E-state index is 13.0. The molecule has 0 fully saturated rings. The predicted octanol–water partition coefficient (Wildman–Crippen LogP) is 4.46. The molecule has 2 heterocycles. The van der Waals surface area contributed by atoms with Crippen LogP contribution in [0, 0.1) is 0 Å². The van der Waals surface area contributed by atoms with Crippen LogP contribution in [-0.2, 0) is 17.9 Å². The van der Waals surface area contributed by atoms with Gasteiger partial charge in [-0.05, 0) is 18.2 Å². The second-order valence-corrected chi connectivity index (χ2v) is 7.19. The van der Waals surface area contributed by atoms with Crippen molar-refractivity contribution < 1.29 is 13.9 Å². The van der Waals surface area contributed by atoms with Gasteiger partial charge in [0.15, 0.2) is 5.76 Å². The van der Waals surface area contributed by atoms with E-state index >= 15 is 0 Å². The van der Waals surface area contributed by atoms with Crippen molar-refractivity contribution in [3.05, 3.63) is 64.9 Å². The van der Waals surface area contributed by atoms with Gasteiger partial charge in [0.25, 0.3) is 5.91 Å². The lowest BCUT2D eigenvalue weighted by Crippen LogP contribution is -2.26. The number of para-hydroxylation sites is 2. The van der Waals surface area contributed by atoms with Gasteiger partial charge in [-0.25, -0.2) is 4.98 Å². The molecule has 0 unspecified atom stereocenters. The summed E-state index contributed by atoms with van der Waals surface area (Å²) >= 11 is 1.60. The van der Waals surface area contributed by atoms with Crippen LogP contribution in [0.3, 0.4) is 0 Å². The molecular formula is C20H18N2O3S. The van der Waals surface area contributed by atoms with Crippen LogP contribution in [0.25, 0.3) is 21.2 Å². The van der Waals surface area contributed by atoms with Crippen LogP contribution < -0.4 is 0 Å². The molecule has 0 aliphatic carbocycles. The molecule has 0 saturated carbocycles. The average molecular weight is 366 g/mol. The van der Waals surface area contributed by atoms with Crippen LogP contribution in [-0.4, -0.2) is 29.9 Å². The maximum absolute atomic E-state index is 13.0. The Morgan fingerprint density at radius 3 is 2.77 bits per heavy atom. The van der Waals surface area contributed by atoms with Crippen LogP contribution in [0.1, 0.15) is 21.1 Å². The Bertz CT molecular complexity index is 1050. The molecule has 0 N–H and O–H groups in total. The molecule has 132 valence electrons. The van der Waals surface area contributed by atoms with Crippen LogP contribution in [0.5, 0.6) is 0 Å². The molecule has 0 radical (unpaired) electrons. The molecule has 0 spiro atoms. The number of thiazole rings is 1. The summed E-state index contributed by atoms with van der Waals surface area (Å²) < 4.78 is 12.2. The fourth-order valence-electron chi connectivity index (χ4n) is 2.99. The van der Waals surface area contributed by atoms with Gasteiger partial charge in [-0.15, -0.1) is 11.3 Å². The molecule has 0 atom stereocenters. The second kappa shape index (κ2) is 6.90. The van der Waals surface area contributed by atoms with Crippen molar-refractivity contribution in [1.82, 2.24) is 9.88 Å². The molecule has 4 aromatic rings. The first kappa shape index (κ1) is 16.8. The van der Waals surface area contributed by atoms with Gasteiger partial charge in [0.2, 0.25) is 0 Å². The van der Waals surface area contributed by atoms with Crippen molar-refractivity contribution in [3.63, 3.8) is 0 Å². The zero-order valence-corrected chi connectivity index (χ0v) is 15.4. The summed E-state index contributed by atoms with van der Waals surface area (Å²) in [5.74, 6) is 0.157. The number of benzene rings is 2. The van der Waals surface area contributed by atoms with Gasteiger partial charge in [-0.2, -0.15) is 0 Å². The highest BCUT2D eigenvalue weighted by molar-refractivity contribution is 7.18. The normalized spacial score (nSPS) is 11.3. The number of nitrogens with zero attached hydrogens (tertiary/aromatic N) is 2. The lowest BCUT2D eigenvalue weighted by molar-refractivity contribution is 0.0749. The molecule has 0 aliphatic heterocycles. The number of rotatable bonds is 5. The van der Waals surface area contributed by atoms with Crippen molar-refractivity contribution >= 4 is 38.4 Å². The Hall–Kier alpha value is -2.70. The van der Waals surface area contributed by atoms with Crippen LogP contribution >= 0.6 is 11.3 Å². The highest BCUT2D eigenvalue weighted by Gasteiger charge is 2.24. The molecule has 0 bridgehead atoms. The highest BCUT2D eigenvalue weighted by Crippen LogP contribution is 2.28. The number of hydrogen-bond acceptors (Lipinski definition) is 5. The first-order chi connectivity index (χ1) is 12.7. The topological polar surface area (TPSA) is 55.6 Å². The Balaban J connectivity index is 1.64. The van der Waals surface area contributed by atoms with Gasteiger partial charge < -0.3 is 14.1 Å². The summed E-state index contributed by atoms with van der Waals surface area (Å²) in [7, 11) is 3.37. The fourth-order valence-corrected chi connectivity index (χ4v) is 4.02. The Kier molecular flexibility index (Phi) is 4.44. The van der Waals surface area contributed by atoms with E-state index in [1.807, 2.05) is 48.5 Å². The molecule has 2 aromatic carbocycles. The fraction of sp³-hybridized carbons (Fsp3) is 0.200. The third kappa shape index (κ3) is 2.98. The van der Waals surface area contributed by atoms with Crippen LogP contribution in [0.4, 0.5) is 0 Å². The minimum atomic E-state index is -0.174. The Labute approximate surface area is 154 Å². The number of fused-ring (bicyclic) bond motifs is 2. The molecule has 2 aromatic heterocycles. The Morgan fingerprint density at radius 2 is 1.96 bits per heavy atom. The summed E-state index contributed by atoms with van der Waals surface area (Å²) in [6.45, 7) is 0.759. The largest absolute Gasteiger partial charge is 0.451 e. The number of ether oxygens (including phenoxy) is 1. The van der Waals surface area contributed by atoms with Gasteiger partial charge in [0.05, 0.1) is 23.4 Å². The summed E-state index contributed by atoms with van der Waals surface area (Å²) in [6.07, 6.45) is 0. The quantitative estimate of drug-likeness (QED) is 0.523. The van der Waals surface area contributed by atoms with E-state index in [4.69, 9.17) is 9.15 Å². The first-order valence-corrected chi connectivity index (χ1v) is 9.08. The van der Waals surface area contributed by atoms with Gasteiger partial charge >= 0.3 is 0 Å². The number of aromatic nitrogens is 1. The van der Waals surface area contributed by atoms with E-state index in [1.165, 1.54) is 0 Å². The summed E-state index contributed by atoms with van der Waals surface area (Å²) in [6, 6.07) is 15.6. The summed E-state index contributed by atoms with van der Waals surface area (Å²) in [4.78, 5) is 19.2. The van der Waals surface area contributed by atoms with Crippen LogP contribution in [0.2, 0.25) is 0 Å². The van der Waals surface area contributed by atoms with Crippen molar-refractivity contribution in [2.75, 3.05) is 14.2 Å². The SMILES string of the molecule is COCc1c(C(=O)N(C)Cc2nc3ccccc3s2)oc2ccccc12. The number of amides is 1. The zero-order valence-electron chi connectivity index (χ0n) is 14.6. The smallest absolute Gasteiger partial charge is 0.290 e. The standard InChI is InChI=1S/C20H18N2O3S/c1-22(11-18-21-15-8-4-6-10-17(15)26-18)20(23)19-14(12-24-2)13-7-3-5-9-16(13)25-19/h3-10H,11-12H2,1-2H3. The van der Waals surface area contributed by atoms with Crippen LogP contribution in [0.15, 0.2) is 52.9 Å². The van der Waals surface area contributed by atoms with E-state index in [0.717, 1.165) is 26.2 Å².